The Morgan fingerprint density at radius 2 is 1.83 bits per heavy atom. The van der Waals surface area contributed by atoms with Crippen LogP contribution in [0.5, 0.6) is 5.75 Å². The topological polar surface area (TPSA) is 100 Å². The highest BCUT2D eigenvalue weighted by molar-refractivity contribution is 5.97. The Bertz CT molecular complexity index is 1360. The molecule has 2 atom stereocenters. The van der Waals surface area contributed by atoms with Crippen LogP contribution in [-0.4, -0.2) is 95.3 Å². The van der Waals surface area contributed by atoms with Crippen molar-refractivity contribution in [2.24, 2.45) is 5.73 Å². The lowest BCUT2D eigenvalue weighted by Crippen LogP contribution is -2.51. The summed E-state index contributed by atoms with van der Waals surface area (Å²) >= 11 is 0. The van der Waals surface area contributed by atoms with Crippen molar-refractivity contribution < 1.29 is 19.1 Å². The Labute approximate surface area is 249 Å². The van der Waals surface area contributed by atoms with Crippen molar-refractivity contribution in [3.05, 3.63) is 83.4 Å². The quantitative estimate of drug-likeness (QED) is 0.344. The molecule has 0 aromatic heterocycles. The molecule has 0 unspecified atom stereocenters. The Morgan fingerprint density at radius 3 is 2.50 bits per heavy atom. The fraction of sp³-hybridized carbons (Fsp3) is 0.394. The fourth-order valence-electron chi connectivity index (χ4n) is 5.41. The number of hydrogen-bond acceptors (Lipinski definition) is 7. The molecule has 3 N–H and O–H groups in total. The Hall–Kier alpha value is -3.92. The number of likely N-dealkylation sites (N-methyl/N-ethyl adjacent to an activating group) is 1. The summed E-state index contributed by atoms with van der Waals surface area (Å²) < 4.78 is 11.4. The lowest BCUT2D eigenvalue weighted by Gasteiger charge is -2.34. The van der Waals surface area contributed by atoms with Crippen LogP contribution in [0, 0.1) is 0 Å². The zero-order chi connectivity index (χ0) is 30.2. The van der Waals surface area contributed by atoms with E-state index >= 15 is 0 Å². The number of amides is 2. The number of primary amides is 1. The van der Waals surface area contributed by atoms with Gasteiger partial charge in [-0.2, -0.15) is 0 Å². The molecule has 4 rings (SSSR count). The number of carbonyl (C=O) groups is 2. The summed E-state index contributed by atoms with van der Waals surface area (Å²) in [6.45, 7) is 2.61. The minimum absolute atomic E-state index is 0.0639. The molecule has 1 aliphatic heterocycles. The molecular formula is C33H43N5O4. The summed E-state index contributed by atoms with van der Waals surface area (Å²) in [5, 5.41) is 3.27. The lowest BCUT2D eigenvalue weighted by atomic mass is 9.97. The first kappa shape index (κ1) is 31.0. The van der Waals surface area contributed by atoms with Crippen molar-refractivity contribution in [1.29, 1.82) is 0 Å². The van der Waals surface area contributed by atoms with Gasteiger partial charge in [-0.05, 0) is 49.8 Å². The summed E-state index contributed by atoms with van der Waals surface area (Å²) in [6, 6.07) is 21.5. The summed E-state index contributed by atoms with van der Waals surface area (Å²) in [7, 11) is 9.59. The van der Waals surface area contributed by atoms with Crippen LogP contribution in [0.15, 0.2) is 66.7 Å². The highest BCUT2D eigenvalue weighted by Gasteiger charge is 2.29. The molecule has 0 radical (unpaired) electrons. The normalized spacial score (nSPS) is 16.2. The average molecular weight is 574 g/mol. The number of nitrogens with one attached hydrogen (secondary N) is 1. The highest BCUT2D eigenvalue weighted by Crippen LogP contribution is 2.36. The molecule has 9 heteroatoms. The number of para-hydroxylation sites is 1. The van der Waals surface area contributed by atoms with Crippen molar-refractivity contribution in [3.63, 3.8) is 0 Å². The molecule has 1 heterocycles. The second-order valence-electron chi connectivity index (χ2n) is 11.2. The average Bonchev–Trinajstić information content (AvgIpc) is 2.97. The molecule has 0 spiro atoms. The molecule has 9 nitrogen and oxygen atoms in total. The van der Waals surface area contributed by atoms with Crippen molar-refractivity contribution in [2.75, 3.05) is 66.5 Å². The monoisotopic (exact) mass is 573 g/mol. The van der Waals surface area contributed by atoms with E-state index in [4.69, 9.17) is 15.2 Å². The van der Waals surface area contributed by atoms with Gasteiger partial charge >= 0.3 is 0 Å². The van der Waals surface area contributed by atoms with Gasteiger partial charge < -0.3 is 30.3 Å². The smallest absolute Gasteiger partial charge is 0.251 e. The van der Waals surface area contributed by atoms with E-state index in [-0.39, 0.29) is 18.6 Å². The number of carbonyl (C=O) groups excluding carboxylic acids is 2. The maximum Gasteiger partial charge on any atom is 0.251 e. The fourth-order valence-corrected chi connectivity index (χ4v) is 5.41. The predicted octanol–water partition coefficient (Wildman–Crippen LogP) is 3.02. The molecular weight excluding hydrogens is 530 g/mol. The molecule has 1 saturated heterocycles. The summed E-state index contributed by atoms with van der Waals surface area (Å²) in [4.78, 5) is 31.9. The van der Waals surface area contributed by atoms with Gasteiger partial charge in [0.1, 0.15) is 11.8 Å². The molecule has 42 heavy (non-hydrogen) atoms. The van der Waals surface area contributed by atoms with E-state index in [1.54, 1.807) is 7.11 Å². The van der Waals surface area contributed by atoms with Crippen LogP contribution >= 0.6 is 0 Å². The van der Waals surface area contributed by atoms with E-state index in [2.05, 4.69) is 28.4 Å². The molecule has 224 valence electrons. The maximum atomic E-state index is 13.7. The molecule has 2 amide bonds. The number of morpholine rings is 1. The third-order valence-electron chi connectivity index (χ3n) is 7.49. The number of ether oxygens (including phenoxy) is 2. The van der Waals surface area contributed by atoms with E-state index < -0.39 is 11.9 Å². The summed E-state index contributed by atoms with van der Waals surface area (Å²) in [5.41, 5.74) is 11.0. The third-order valence-corrected chi connectivity index (χ3v) is 7.49. The van der Waals surface area contributed by atoms with Crippen LogP contribution in [0.2, 0.25) is 0 Å². The van der Waals surface area contributed by atoms with Gasteiger partial charge in [0.05, 0.1) is 20.3 Å². The Balaban J connectivity index is 1.66. The molecule has 1 fully saturated rings. The van der Waals surface area contributed by atoms with Gasteiger partial charge in [-0.1, -0.05) is 48.5 Å². The zero-order valence-electron chi connectivity index (χ0n) is 25.3. The largest absolute Gasteiger partial charge is 0.496 e. The number of rotatable bonds is 12. The Kier molecular flexibility index (Phi) is 10.6. The maximum absolute atomic E-state index is 13.7. The van der Waals surface area contributed by atoms with E-state index in [0.29, 0.717) is 37.6 Å². The van der Waals surface area contributed by atoms with Gasteiger partial charge in [0, 0.05) is 62.1 Å². The van der Waals surface area contributed by atoms with Crippen molar-refractivity contribution >= 4 is 17.5 Å². The number of anilines is 1. The number of hydrogen-bond donors (Lipinski definition) is 2. The highest BCUT2D eigenvalue weighted by atomic mass is 16.5. The SMILES string of the molecule is COc1c(CN2CCOC[C@H]2C(N)=O)cccc1-c1cc(C(=O)N[C@@H](Cc2ccccc2)CN(C)C)cc(N(C)C)c1. The first-order valence-electron chi connectivity index (χ1n) is 14.3. The lowest BCUT2D eigenvalue weighted by molar-refractivity contribution is -0.129. The third kappa shape index (κ3) is 7.88. The Morgan fingerprint density at radius 1 is 1.07 bits per heavy atom. The summed E-state index contributed by atoms with van der Waals surface area (Å²) in [5.74, 6) is 0.165. The van der Waals surface area contributed by atoms with Crippen LogP contribution < -0.4 is 20.7 Å². The van der Waals surface area contributed by atoms with Crippen LogP contribution in [0.25, 0.3) is 11.1 Å². The van der Waals surface area contributed by atoms with Gasteiger partial charge in [0.25, 0.3) is 5.91 Å². The predicted molar refractivity (Wildman–Crippen MR) is 167 cm³/mol. The van der Waals surface area contributed by atoms with Crippen LogP contribution in [0.3, 0.4) is 0 Å². The zero-order valence-corrected chi connectivity index (χ0v) is 25.3. The van der Waals surface area contributed by atoms with Crippen LogP contribution in [-0.2, 0) is 22.5 Å². The van der Waals surface area contributed by atoms with Crippen LogP contribution in [0.4, 0.5) is 5.69 Å². The second-order valence-corrected chi connectivity index (χ2v) is 11.2. The van der Waals surface area contributed by atoms with Gasteiger partial charge in [-0.3, -0.25) is 14.5 Å². The molecule has 1 aliphatic rings. The van der Waals surface area contributed by atoms with E-state index in [1.165, 1.54) is 5.56 Å². The molecule has 0 saturated carbocycles. The van der Waals surface area contributed by atoms with E-state index in [0.717, 1.165) is 28.8 Å². The summed E-state index contributed by atoms with van der Waals surface area (Å²) in [6.07, 6.45) is 0.731. The van der Waals surface area contributed by atoms with Gasteiger partial charge in [-0.25, -0.2) is 0 Å². The van der Waals surface area contributed by atoms with Gasteiger partial charge in [0.15, 0.2) is 0 Å². The van der Waals surface area contributed by atoms with Crippen molar-refractivity contribution in [2.45, 2.75) is 25.0 Å². The first-order valence-corrected chi connectivity index (χ1v) is 14.3. The molecule has 0 bridgehead atoms. The molecule has 0 aliphatic carbocycles. The standard InChI is InChI=1S/C33H43N5O4/c1-36(2)21-27(16-23-10-7-6-8-11-23)35-33(40)26-17-25(18-28(19-26)37(3)4)29-13-9-12-24(31(29)41-5)20-38-14-15-42-22-30(38)32(34)39/h6-13,17-19,27,30H,14-16,20-22H2,1-5H3,(H2,34,39)(H,35,40)/t27-,30-/m0/s1. The number of methoxy groups -OCH3 is 1. The van der Waals surface area contributed by atoms with Gasteiger partial charge in [-0.15, -0.1) is 0 Å². The second kappa shape index (κ2) is 14.3. The van der Waals surface area contributed by atoms with E-state index in [9.17, 15) is 9.59 Å². The number of nitrogens with two attached hydrogens (primary N) is 1. The van der Waals surface area contributed by atoms with Crippen LogP contribution in [0.1, 0.15) is 21.5 Å². The van der Waals surface area contributed by atoms with Gasteiger partial charge in [0.2, 0.25) is 5.91 Å². The minimum Gasteiger partial charge on any atom is -0.496 e. The number of benzene rings is 3. The van der Waals surface area contributed by atoms with Crippen molar-refractivity contribution in [1.82, 2.24) is 15.1 Å². The van der Waals surface area contributed by atoms with Crippen molar-refractivity contribution in [3.8, 4) is 16.9 Å². The van der Waals surface area contributed by atoms with E-state index in [1.807, 2.05) is 86.5 Å². The number of nitrogens with zero attached hydrogens (tertiary/aromatic N) is 3. The first-order chi connectivity index (χ1) is 20.2. The minimum atomic E-state index is -0.495. The molecule has 3 aromatic rings. The molecule has 3 aromatic carbocycles.